The molecule has 0 aliphatic carbocycles. The van der Waals surface area contributed by atoms with Gasteiger partial charge in [0.25, 0.3) is 0 Å². The van der Waals surface area contributed by atoms with Crippen LogP contribution < -0.4 is 11.5 Å². The zero-order chi connectivity index (χ0) is 8.74. The van der Waals surface area contributed by atoms with E-state index in [1.807, 2.05) is 0 Å². The molecule has 3 heteroatoms. The molecule has 0 amide bonds. The summed E-state index contributed by atoms with van der Waals surface area (Å²) in [4.78, 5) is 0. The third-order valence-corrected chi connectivity index (χ3v) is 1.95. The van der Waals surface area contributed by atoms with Crippen molar-refractivity contribution in [3.8, 4) is 0 Å². The van der Waals surface area contributed by atoms with E-state index in [-0.39, 0.29) is 0 Å². The van der Waals surface area contributed by atoms with Gasteiger partial charge < -0.3 is 16.0 Å². The second kappa shape index (κ2) is 5.52. The van der Waals surface area contributed by atoms with Crippen LogP contribution in [0.25, 0.3) is 0 Å². The molecule has 0 unspecified atom stereocenters. The monoisotopic (exact) mass is 160 g/mol. The van der Waals surface area contributed by atoms with E-state index in [4.69, 9.17) is 11.5 Å². The highest BCUT2D eigenvalue weighted by molar-refractivity contribution is 4.41. The Morgan fingerprint density at radius 2 is 1.55 bits per heavy atom. The Bertz CT molecular complexity index is 91.3. The van der Waals surface area contributed by atoms with Gasteiger partial charge in [-0.25, -0.2) is 0 Å². The van der Waals surface area contributed by atoms with Crippen molar-refractivity contribution in [2.45, 2.75) is 12.8 Å². The second-order valence-electron chi connectivity index (χ2n) is 3.67. The molecular weight excluding hydrogens is 138 g/mol. The fourth-order valence-electron chi connectivity index (χ4n) is 1.15. The van der Waals surface area contributed by atoms with Gasteiger partial charge in [0.15, 0.2) is 0 Å². The van der Waals surface area contributed by atoms with E-state index in [9.17, 15) is 0 Å². The molecule has 0 fully saturated rings. The number of likely N-dealkylation sites (N-methyl/N-ethyl adjacent to an activating group) is 1. The van der Waals surface area contributed by atoms with Gasteiger partial charge in [0.1, 0.15) is 0 Å². The van der Waals surface area contributed by atoms with E-state index in [0.717, 1.165) is 30.5 Å². The molecular formula is C8H22N3+. The average molecular weight is 160 g/mol. The summed E-state index contributed by atoms with van der Waals surface area (Å²) in [6.45, 7) is 3.83. The van der Waals surface area contributed by atoms with Gasteiger partial charge in [0.05, 0.1) is 27.2 Å². The van der Waals surface area contributed by atoms with Crippen molar-refractivity contribution < 1.29 is 4.48 Å². The number of hydrogen-bond donors (Lipinski definition) is 2. The fourth-order valence-corrected chi connectivity index (χ4v) is 1.15. The van der Waals surface area contributed by atoms with Gasteiger partial charge in [0, 0.05) is 6.54 Å². The molecule has 0 aromatic rings. The molecule has 0 aromatic heterocycles. The molecule has 0 heterocycles. The van der Waals surface area contributed by atoms with Gasteiger partial charge in [0.2, 0.25) is 0 Å². The first kappa shape index (κ1) is 10.9. The summed E-state index contributed by atoms with van der Waals surface area (Å²) in [6.07, 6.45) is 2.34. The van der Waals surface area contributed by atoms with E-state index >= 15 is 0 Å². The van der Waals surface area contributed by atoms with E-state index in [1.54, 1.807) is 0 Å². The smallest absolute Gasteiger partial charge is 0.0907 e. The first-order chi connectivity index (χ1) is 5.12. The maximum atomic E-state index is 5.48. The van der Waals surface area contributed by atoms with Crippen molar-refractivity contribution in [3.63, 3.8) is 0 Å². The van der Waals surface area contributed by atoms with Gasteiger partial charge in [-0.2, -0.15) is 0 Å². The van der Waals surface area contributed by atoms with E-state index in [1.165, 1.54) is 13.0 Å². The Kier molecular flexibility index (Phi) is 5.46. The van der Waals surface area contributed by atoms with Gasteiger partial charge in [-0.05, 0) is 19.4 Å². The van der Waals surface area contributed by atoms with Crippen LogP contribution in [0.5, 0.6) is 0 Å². The van der Waals surface area contributed by atoms with Gasteiger partial charge in [-0.1, -0.05) is 0 Å². The highest BCUT2D eigenvalue weighted by Crippen LogP contribution is 1.99. The number of nitrogens with zero attached hydrogens (tertiary/aromatic N) is 1. The Morgan fingerprint density at radius 3 is 2.00 bits per heavy atom. The Labute approximate surface area is 69.9 Å². The van der Waals surface area contributed by atoms with Crippen LogP contribution in [0, 0.1) is 0 Å². The molecule has 0 spiro atoms. The molecule has 68 valence electrons. The van der Waals surface area contributed by atoms with Crippen LogP contribution >= 0.6 is 0 Å². The highest BCUT2D eigenvalue weighted by atomic mass is 15.3. The van der Waals surface area contributed by atoms with Gasteiger partial charge in [-0.3, -0.25) is 0 Å². The summed E-state index contributed by atoms with van der Waals surface area (Å²) >= 11 is 0. The lowest BCUT2D eigenvalue weighted by Crippen LogP contribution is -2.44. The molecule has 3 nitrogen and oxygen atoms in total. The summed E-state index contributed by atoms with van der Waals surface area (Å²) in [5.41, 5.74) is 10.9. The lowest BCUT2D eigenvalue weighted by molar-refractivity contribution is -0.889. The van der Waals surface area contributed by atoms with E-state index in [0.29, 0.717) is 0 Å². The van der Waals surface area contributed by atoms with Crippen LogP contribution in [-0.4, -0.2) is 44.8 Å². The molecule has 11 heavy (non-hydrogen) atoms. The van der Waals surface area contributed by atoms with Crippen molar-refractivity contribution in [3.05, 3.63) is 0 Å². The summed E-state index contributed by atoms with van der Waals surface area (Å²) in [7, 11) is 4.42. The topological polar surface area (TPSA) is 52.0 Å². The first-order valence-corrected chi connectivity index (χ1v) is 4.34. The largest absolute Gasteiger partial charge is 0.330 e. The zero-order valence-electron chi connectivity index (χ0n) is 7.84. The molecule has 0 radical (unpaired) electrons. The molecule has 0 aliphatic heterocycles. The van der Waals surface area contributed by atoms with Crippen LogP contribution in [0.2, 0.25) is 0 Å². The molecule has 0 aromatic carbocycles. The molecule has 0 bridgehead atoms. The van der Waals surface area contributed by atoms with Crippen molar-refractivity contribution >= 4 is 0 Å². The maximum Gasteiger partial charge on any atom is 0.0907 e. The highest BCUT2D eigenvalue weighted by Gasteiger charge is 2.11. The maximum absolute atomic E-state index is 5.48. The molecule has 0 saturated heterocycles. The lowest BCUT2D eigenvalue weighted by atomic mass is 10.2. The quantitative estimate of drug-likeness (QED) is 0.416. The standard InChI is InChI=1S/C8H22N3/c1-11(2,8-6-10)7-4-3-5-9/h3-10H2,1-2H3/q+1. The summed E-state index contributed by atoms with van der Waals surface area (Å²) < 4.78 is 1.02. The summed E-state index contributed by atoms with van der Waals surface area (Å²) in [5.74, 6) is 0. The lowest BCUT2D eigenvalue weighted by Gasteiger charge is -2.29. The molecule has 0 atom stereocenters. The fraction of sp³-hybridized carbons (Fsp3) is 1.00. The normalized spacial score (nSPS) is 12.0. The van der Waals surface area contributed by atoms with Crippen molar-refractivity contribution in [2.75, 3.05) is 40.3 Å². The van der Waals surface area contributed by atoms with Crippen molar-refractivity contribution in [1.29, 1.82) is 0 Å². The zero-order valence-corrected chi connectivity index (χ0v) is 7.84. The molecule has 4 N–H and O–H groups in total. The molecule has 0 saturated carbocycles. The van der Waals surface area contributed by atoms with Gasteiger partial charge in [-0.15, -0.1) is 0 Å². The summed E-state index contributed by atoms with van der Waals surface area (Å²) in [5, 5.41) is 0. The molecule has 0 aliphatic rings. The number of unbranched alkanes of at least 4 members (excludes halogenated alkanes) is 1. The van der Waals surface area contributed by atoms with Crippen LogP contribution in [0.4, 0.5) is 0 Å². The van der Waals surface area contributed by atoms with Crippen LogP contribution in [0.1, 0.15) is 12.8 Å². The van der Waals surface area contributed by atoms with E-state index < -0.39 is 0 Å². The predicted octanol–water partition coefficient (Wildman–Crippen LogP) is -0.240. The number of rotatable bonds is 6. The minimum Gasteiger partial charge on any atom is -0.330 e. The predicted molar refractivity (Wildman–Crippen MR) is 49.2 cm³/mol. The molecule has 0 rings (SSSR count). The Hall–Kier alpha value is -0.120. The third-order valence-electron chi connectivity index (χ3n) is 1.95. The van der Waals surface area contributed by atoms with Gasteiger partial charge >= 0.3 is 0 Å². The summed E-state index contributed by atoms with van der Waals surface area (Å²) in [6, 6.07) is 0. The number of hydrogen-bond acceptors (Lipinski definition) is 2. The van der Waals surface area contributed by atoms with Crippen LogP contribution in [-0.2, 0) is 0 Å². The van der Waals surface area contributed by atoms with E-state index in [2.05, 4.69) is 14.1 Å². The average Bonchev–Trinajstić information content (AvgIpc) is 1.87. The van der Waals surface area contributed by atoms with Crippen LogP contribution in [0.3, 0.4) is 0 Å². The van der Waals surface area contributed by atoms with Crippen molar-refractivity contribution in [1.82, 2.24) is 0 Å². The number of quaternary nitrogens is 1. The minimum atomic E-state index is 0.773. The minimum absolute atomic E-state index is 0.773. The van der Waals surface area contributed by atoms with Crippen molar-refractivity contribution in [2.24, 2.45) is 11.5 Å². The third kappa shape index (κ3) is 6.28. The SMILES string of the molecule is C[N+](C)(CCN)CCCCN. The number of nitrogens with two attached hydrogens (primary N) is 2. The second-order valence-corrected chi connectivity index (χ2v) is 3.67. The Balaban J connectivity index is 3.38. The first-order valence-electron chi connectivity index (χ1n) is 4.34. The Morgan fingerprint density at radius 1 is 0.909 bits per heavy atom. The van der Waals surface area contributed by atoms with Crippen LogP contribution in [0.15, 0.2) is 0 Å².